The molecule has 3 amide bonds. The Balaban J connectivity index is 0.00000259. The van der Waals surface area contributed by atoms with E-state index in [2.05, 4.69) is 10.4 Å². The normalized spacial score (nSPS) is 17.6. The number of imide groups is 1. The highest BCUT2D eigenvalue weighted by Crippen LogP contribution is 2.40. The number of carbonyl (C=O) groups is 3. The van der Waals surface area contributed by atoms with Gasteiger partial charge in [-0.2, -0.15) is 9.78 Å². The van der Waals surface area contributed by atoms with Crippen molar-refractivity contribution in [3.05, 3.63) is 59.8 Å². The second-order valence-corrected chi connectivity index (χ2v) is 8.27. The first-order valence-corrected chi connectivity index (χ1v) is 10.5. The zero-order valence-corrected chi connectivity index (χ0v) is 18.8. The van der Waals surface area contributed by atoms with Gasteiger partial charge in [0.1, 0.15) is 5.54 Å². The topological polar surface area (TPSA) is 108 Å². The van der Waals surface area contributed by atoms with E-state index in [4.69, 9.17) is 0 Å². The maximum absolute atomic E-state index is 13.1. The largest absolute Gasteiger partial charge is 0.463 e. The lowest BCUT2D eigenvalue weighted by atomic mass is 9.86. The molecule has 0 aliphatic carbocycles. The monoisotopic (exact) mass is 469 g/mol. The molecule has 9 nitrogen and oxygen atoms in total. The molecular weight excluding hydrogens is 446 g/mol. The van der Waals surface area contributed by atoms with Crippen molar-refractivity contribution in [2.45, 2.75) is 24.8 Å². The van der Waals surface area contributed by atoms with E-state index in [1.807, 2.05) is 30.3 Å². The number of rotatable bonds is 3. The Morgan fingerprint density at radius 3 is 2.48 bits per heavy atom. The Hall–Kier alpha value is -3.43. The molecule has 5 rings (SSSR count). The highest BCUT2D eigenvalue weighted by atomic mass is 35.5. The van der Waals surface area contributed by atoms with Crippen LogP contribution in [0.3, 0.4) is 0 Å². The molecule has 0 unspecified atom stereocenters. The second kappa shape index (κ2) is 8.49. The summed E-state index contributed by atoms with van der Waals surface area (Å²) in [5.74, 6) is -0.199. The van der Waals surface area contributed by atoms with Crippen molar-refractivity contribution in [2.75, 3.05) is 25.0 Å². The molecule has 2 N–H and O–H groups in total. The molecule has 0 atom stereocenters. The fourth-order valence-corrected chi connectivity index (χ4v) is 4.84. The number of anilines is 1. The lowest BCUT2D eigenvalue weighted by Gasteiger charge is -2.38. The molecule has 1 spiro atoms. The van der Waals surface area contributed by atoms with Crippen LogP contribution in [0.4, 0.5) is 15.3 Å². The van der Waals surface area contributed by atoms with E-state index in [-0.39, 0.29) is 24.3 Å². The van der Waals surface area contributed by atoms with Gasteiger partial charge in [0.25, 0.3) is 5.91 Å². The summed E-state index contributed by atoms with van der Waals surface area (Å²) in [6.07, 6.45) is 0.309. The van der Waals surface area contributed by atoms with Gasteiger partial charge in [-0.1, -0.05) is 30.3 Å². The van der Waals surface area contributed by atoms with Gasteiger partial charge < -0.3 is 10.4 Å². The van der Waals surface area contributed by atoms with Crippen molar-refractivity contribution in [1.29, 1.82) is 0 Å². The second-order valence-electron chi connectivity index (χ2n) is 8.27. The minimum Gasteiger partial charge on any atom is -0.463 e. The van der Waals surface area contributed by atoms with Crippen molar-refractivity contribution in [3.63, 3.8) is 0 Å². The maximum Gasteiger partial charge on any atom is 0.432 e. The Kier molecular flexibility index (Phi) is 5.85. The Bertz CT molecular complexity index is 1240. The number of piperidine rings is 1. The van der Waals surface area contributed by atoms with Crippen LogP contribution in [0.5, 0.6) is 0 Å². The quantitative estimate of drug-likeness (QED) is 0.571. The first-order chi connectivity index (χ1) is 15.4. The third kappa shape index (κ3) is 3.53. The minimum atomic E-state index is -1.18. The molecule has 0 radical (unpaired) electrons. The zero-order valence-electron chi connectivity index (χ0n) is 18.0. The SMILES string of the molecule is CN1C(=O)N(c2ccc3c(c2)c(Cc2ccccc2)nn3C(=O)O)C2(CCNCC2)C1=O.Cl. The number of nitrogens with zero attached hydrogens (tertiary/aromatic N) is 4. The molecule has 10 heteroatoms. The fourth-order valence-electron chi connectivity index (χ4n) is 4.84. The molecular formula is C23H24ClN5O4. The highest BCUT2D eigenvalue weighted by molar-refractivity contribution is 6.17. The molecule has 2 aromatic carbocycles. The number of halogens is 1. The van der Waals surface area contributed by atoms with E-state index < -0.39 is 11.6 Å². The average molecular weight is 470 g/mol. The van der Waals surface area contributed by atoms with Gasteiger partial charge in [-0.3, -0.25) is 14.6 Å². The Morgan fingerprint density at radius 1 is 1.12 bits per heavy atom. The van der Waals surface area contributed by atoms with Crippen molar-refractivity contribution >= 4 is 47.0 Å². The average Bonchev–Trinajstić information content (AvgIpc) is 3.24. The van der Waals surface area contributed by atoms with Gasteiger partial charge in [0, 0.05) is 24.5 Å². The number of amides is 3. The van der Waals surface area contributed by atoms with Crippen LogP contribution >= 0.6 is 12.4 Å². The third-order valence-electron chi connectivity index (χ3n) is 6.43. The summed E-state index contributed by atoms with van der Waals surface area (Å²) < 4.78 is 0.959. The molecule has 172 valence electrons. The zero-order chi connectivity index (χ0) is 22.5. The van der Waals surface area contributed by atoms with Gasteiger partial charge in [0.15, 0.2) is 0 Å². The summed E-state index contributed by atoms with van der Waals surface area (Å²) in [4.78, 5) is 40.7. The van der Waals surface area contributed by atoms with Crippen LogP contribution in [0, 0.1) is 0 Å². The molecule has 2 aliphatic heterocycles. The number of carbonyl (C=O) groups excluding carboxylic acids is 2. The van der Waals surface area contributed by atoms with E-state index in [0.717, 1.165) is 10.2 Å². The van der Waals surface area contributed by atoms with Crippen LogP contribution in [-0.4, -0.2) is 63.5 Å². The van der Waals surface area contributed by atoms with Crippen LogP contribution in [0.25, 0.3) is 10.9 Å². The number of fused-ring (bicyclic) bond motifs is 1. The summed E-state index contributed by atoms with van der Waals surface area (Å²) in [6, 6.07) is 14.4. The van der Waals surface area contributed by atoms with Gasteiger partial charge in [-0.05, 0) is 49.7 Å². The van der Waals surface area contributed by atoms with E-state index in [1.54, 1.807) is 23.1 Å². The minimum absolute atomic E-state index is 0. The van der Waals surface area contributed by atoms with Crippen molar-refractivity contribution < 1.29 is 19.5 Å². The smallest absolute Gasteiger partial charge is 0.432 e. The third-order valence-corrected chi connectivity index (χ3v) is 6.43. The van der Waals surface area contributed by atoms with Crippen molar-refractivity contribution in [1.82, 2.24) is 20.0 Å². The lowest BCUT2D eigenvalue weighted by molar-refractivity contribution is -0.130. The Labute approximate surface area is 196 Å². The summed E-state index contributed by atoms with van der Waals surface area (Å²) in [5.41, 5.74) is 1.69. The molecule has 2 fully saturated rings. The number of aromatic nitrogens is 2. The number of hydrogen-bond acceptors (Lipinski definition) is 5. The van der Waals surface area contributed by atoms with Crippen LogP contribution in [-0.2, 0) is 11.2 Å². The molecule has 2 saturated heterocycles. The molecule has 2 aliphatic rings. The number of likely N-dealkylation sites (N-methyl/N-ethyl adjacent to an activating group) is 1. The number of urea groups is 1. The van der Waals surface area contributed by atoms with Crippen molar-refractivity contribution in [3.8, 4) is 0 Å². The fraction of sp³-hybridized carbons (Fsp3) is 0.304. The molecule has 3 aromatic rings. The molecule has 0 bridgehead atoms. The van der Waals surface area contributed by atoms with Gasteiger partial charge in [-0.25, -0.2) is 9.59 Å². The van der Waals surface area contributed by atoms with Crippen LogP contribution in [0.2, 0.25) is 0 Å². The Morgan fingerprint density at radius 2 is 1.82 bits per heavy atom. The van der Waals surface area contributed by atoms with Crippen LogP contribution in [0.15, 0.2) is 48.5 Å². The molecule has 33 heavy (non-hydrogen) atoms. The number of nitrogens with one attached hydrogen (secondary N) is 1. The predicted octanol–water partition coefficient (Wildman–Crippen LogP) is 3.10. The summed E-state index contributed by atoms with van der Waals surface area (Å²) in [7, 11) is 1.51. The molecule has 1 aromatic heterocycles. The summed E-state index contributed by atoms with van der Waals surface area (Å²) in [6.45, 7) is 1.28. The van der Waals surface area contributed by atoms with E-state index in [9.17, 15) is 19.5 Å². The van der Waals surface area contributed by atoms with E-state index >= 15 is 0 Å². The van der Waals surface area contributed by atoms with E-state index in [1.165, 1.54) is 11.9 Å². The summed E-state index contributed by atoms with van der Waals surface area (Å²) >= 11 is 0. The molecule has 0 saturated carbocycles. The van der Waals surface area contributed by atoms with Gasteiger partial charge in [-0.15, -0.1) is 12.4 Å². The van der Waals surface area contributed by atoms with Crippen molar-refractivity contribution in [2.24, 2.45) is 0 Å². The standard InChI is InChI=1S/C23H23N5O4.ClH/c1-26-20(29)23(9-11-24-12-10-23)27(21(26)30)16-7-8-19-17(14-16)18(25-28(19)22(31)32)13-15-5-3-2-4-6-15;/h2-8,14,24H,9-13H2,1H3,(H,31,32);1H. The number of hydrogen-bond donors (Lipinski definition) is 2. The summed E-state index contributed by atoms with van der Waals surface area (Å²) in [5, 5.41) is 17.9. The molecule has 3 heterocycles. The highest BCUT2D eigenvalue weighted by Gasteiger charge is 2.56. The first-order valence-electron chi connectivity index (χ1n) is 10.5. The number of benzene rings is 2. The van der Waals surface area contributed by atoms with Gasteiger partial charge in [0.05, 0.1) is 11.2 Å². The predicted molar refractivity (Wildman–Crippen MR) is 125 cm³/mol. The van der Waals surface area contributed by atoms with Crippen LogP contribution < -0.4 is 10.2 Å². The van der Waals surface area contributed by atoms with Gasteiger partial charge in [0.2, 0.25) is 0 Å². The number of carboxylic acid groups (broad SMARTS) is 1. The lowest BCUT2D eigenvalue weighted by Crippen LogP contribution is -2.56. The first kappa shape index (κ1) is 22.8. The van der Waals surface area contributed by atoms with Crippen LogP contribution in [0.1, 0.15) is 24.1 Å². The van der Waals surface area contributed by atoms with Gasteiger partial charge >= 0.3 is 12.1 Å². The maximum atomic E-state index is 13.1. The van der Waals surface area contributed by atoms with E-state index in [0.29, 0.717) is 54.6 Å².